The number of amides is 1. The standard InChI is InChI=1S/C18H24N4OS/c1-13(2)9-22-12-19-20-16(22)14-10-21(11-18(14)6-4-7-18)17(23)15-5-3-8-24-15/h3,5,8,12-14H,4,6-7,9-11H2,1-2H3. The number of thiophene rings is 1. The highest BCUT2D eigenvalue weighted by molar-refractivity contribution is 7.12. The van der Waals surface area contributed by atoms with Crippen molar-refractivity contribution in [3.63, 3.8) is 0 Å². The zero-order valence-electron chi connectivity index (χ0n) is 14.3. The van der Waals surface area contributed by atoms with Crippen molar-refractivity contribution in [2.75, 3.05) is 13.1 Å². The fourth-order valence-electron chi connectivity index (χ4n) is 4.24. The van der Waals surface area contributed by atoms with Crippen molar-refractivity contribution in [2.24, 2.45) is 11.3 Å². The van der Waals surface area contributed by atoms with Crippen molar-refractivity contribution in [3.8, 4) is 0 Å². The summed E-state index contributed by atoms with van der Waals surface area (Å²) in [5, 5.41) is 10.6. The lowest BCUT2D eigenvalue weighted by atomic mass is 9.62. The van der Waals surface area contributed by atoms with Gasteiger partial charge < -0.3 is 9.47 Å². The Bertz CT molecular complexity index is 717. The molecule has 2 fully saturated rings. The van der Waals surface area contributed by atoms with E-state index in [1.165, 1.54) is 30.6 Å². The average Bonchev–Trinajstić information content (AvgIpc) is 3.23. The van der Waals surface area contributed by atoms with E-state index < -0.39 is 0 Å². The number of carbonyl (C=O) groups excluding carboxylic acids is 1. The SMILES string of the molecule is CC(C)Cn1cnnc1C1CN(C(=O)c2cccs2)CC12CCC2. The van der Waals surface area contributed by atoms with Gasteiger partial charge in [-0.1, -0.05) is 26.3 Å². The van der Waals surface area contributed by atoms with Crippen LogP contribution in [0.5, 0.6) is 0 Å². The van der Waals surface area contributed by atoms with E-state index in [2.05, 4.69) is 28.6 Å². The maximum absolute atomic E-state index is 12.8. The molecule has 6 heteroatoms. The Hall–Kier alpha value is -1.69. The molecule has 2 aromatic rings. The molecule has 2 aliphatic rings. The molecular weight excluding hydrogens is 320 g/mol. The molecule has 5 nitrogen and oxygen atoms in total. The molecule has 1 spiro atoms. The van der Waals surface area contributed by atoms with Crippen molar-refractivity contribution in [1.29, 1.82) is 0 Å². The van der Waals surface area contributed by atoms with Gasteiger partial charge in [-0.05, 0) is 35.6 Å². The second-order valence-electron chi connectivity index (χ2n) is 7.67. The minimum absolute atomic E-state index is 0.175. The van der Waals surface area contributed by atoms with Gasteiger partial charge in [-0.25, -0.2) is 0 Å². The van der Waals surface area contributed by atoms with Crippen LogP contribution in [0.2, 0.25) is 0 Å². The lowest BCUT2D eigenvalue weighted by Crippen LogP contribution is -2.38. The van der Waals surface area contributed by atoms with Crippen LogP contribution in [-0.2, 0) is 6.54 Å². The van der Waals surface area contributed by atoms with Gasteiger partial charge in [0, 0.05) is 25.6 Å². The summed E-state index contributed by atoms with van der Waals surface area (Å²) in [6.45, 7) is 7.00. The van der Waals surface area contributed by atoms with Gasteiger partial charge in [0.15, 0.2) is 0 Å². The van der Waals surface area contributed by atoms with E-state index in [0.29, 0.717) is 11.8 Å². The highest BCUT2D eigenvalue weighted by Crippen LogP contribution is 2.55. The normalized spacial score (nSPS) is 22.3. The van der Waals surface area contributed by atoms with Gasteiger partial charge in [0.05, 0.1) is 4.88 Å². The third kappa shape index (κ3) is 2.57. The molecule has 2 aromatic heterocycles. The molecule has 0 bridgehead atoms. The molecular formula is C18H24N4OS. The van der Waals surface area contributed by atoms with Crippen molar-refractivity contribution in [2.45, 2.75) is 45.6 Å². The molecule has 4 rings (SSSR count). The summed E-state index contributed by atoms with van der Waals surface area (Å²) in [5.74, 6) is 2.12. The fourth-order valence-corrected chi connectivity index (χ4v) is 4.93. The molecule has 1 saturated heterocycles. The molecule has 1 aliphatic carbocycles. The van der Waals surface area contributed by atoms with Crippen LogP contribution in [0, 0.1) is 11.3 Å². The monoisotopic (exact) mass is 344 g/mol. The van der Waals surface area contributed by atoms with Gasteiger partial charge >= 0.3 is 0 Å². The van der Waals surface area contributed by atoms with E-state index in [1.807, 2.05) is 28.7 Å². The quantitative estimate of drug-likeness (QED) is 0.854. The number of rotatable bonds is 4. The van der Waals surface area contributed by atoms with E-state index in [1.54, 1.807) is 0 Å². The predicted molar refractivity (Wildman–Crippen MR) is 94.1 cm³/mol. The molecule has 1 saturated carbocycles. The third-order valence-corrected chi connectivity index (χ3v) is 6.39. The smallest absolute Gasteiger partial charge is 0.263 e. The van der Waals surface area contributed by atoms with E-state index in [0.717, 1.165) is 30.3 Å². The largest absolute Gasteiger partial charge is 0.337 e. The molecule has 1 aliphatic heterocycles. The molecule has 1 atom stereocenters. The second-order valence-corrected chi connectivity index (χ2v) is 8.61. The number of likely N-dealkylation sites (tertiary alicyclic amines) is 1. The van der Waals surface area contributed by atoms with Crippen LogP contribution >= 0.6 is 11.3 Å². The average molecular weight is 344 g/mol. The van der Waals surface area contributed by atoms with Gasteiger partial charge in [-0.3, -0.25) is 4.79 Å². The van der Waals surface area contributed by atoms with Crippen molar-refractivity contribution < 1.29 is 4.79 Å². The van der Waals surface area contributed by atoms with E-state index in [9.17, 15) is 4.79 Å². The summed E-state index contributed by atoms with van der Waals surface area (Å²) in [6, 6.07) is 3.87. The second kappa shape index (κ2) is 5.99. The molecule has 128 valence electrons. The first-order valence-corrected chi connectivity index (χ1v) is 9.67. The van der Waals surface area contributed by atoms with Crippen molar-refractivity contribution in [1.82, 2.24) is 19.7 Å². The van der Waals surface area contributed by atoms with Crippen molar-refractivity contribution in [3.05, 3.63) is 34.5 Å². The Labute approximate surface area is 146 Å². The first-order valence-electron chi connectivity index (χ1n) is 8.79. The Morgan fingerprint density at radius 1 is 1.46 bits per heavy atom. The van der Waals surface area contributed by atoms with Crippen LogP contribution < -0.4 is 0 Å². The minimum Gasteiger partial charge on any atom is -0.337 e. The first-order chi connectivity index (χ1) is 11.6. The van der Waals surface area contributed by atoms with Gasteiger partial charge in [0.25, 0.3) is 5.91 Å². The topological polar surface area (TPSA) is 51.0 Å². The molecule has 0 N–H and O–H groups in total. The van der Waals surface area contributed by atoms with Gasteiger partial charge in [-0.15, -0.1) is 21.5 Å². The Morgan fingerprint density at radius 2 is 2.29 bits per heavy atom. The predicted octanol–water partition coefficient (Wildman–Crippen LogP) is 3.41. The number of carbonyl (C=O) groups is 1. The zero-order valence-corrected chi connectivity index (χ0v) is 15.1. The molecule has 3 heterocycles. The van der Waals surface area contributed by atoms with E-state index >= 15 is 0 Å². The van der Waals surface area contributed by atoms with Crippen molar-refractivity contribution >= 4 is 17.2 Å². The number of aromatic nitrogens is 3. The van der Waals surface area contributed by atoms with Crippen LogP contribution in [0.4, 0.5) is 0 Å². The fraction of sp³-hybridized carbons (Fsp3) is 0.611. The molecule has 1 amide bonds. The van der Waals surface area contributed by atoms with Gasteiger partial charge in [-0.2, -0.15) is 0 Å². The minimum atomic E-state index is 0.175. The third-order valence-electron chi connectivity index (χ3n) is 5.54. The Morgan fingerprint density at radius 3 is 2.92 bits per heavy atom. The summed E-state index contributed by atoms with van der Waals surface area (Å²) in [4.78, 5) is 15.7. The lowest BCUT2D eigenvalue weighted by molar-refractivity contribution is 0.0727. The van der Waals surface area contributed by atoms with Crippen LogP contribution in [0.1, 0.15) is 54.5 Å². The van der Waals surface area contributed by atoms with E-state index in [4.69, 9.17) is 0 Å². The summed E-state index contributed by atoms with van der Waals surface area (Å²) in [6.07, 6.45) is 5.50. The summed E-state index contributed by atoms with van der Waals surface area (Å²) in [5.41, 5.74) is 0.217. The first kappa shape index (κ1) is 15.8. The number of nitrogens with zero attached hydrogens (tertiary/aromatic N) is 4. The molecule has 0 radical (unpaired) electrons. The van der Waals surface area contributed by atoms with Crippen LogP contribution in [-0.4, -0.2) is 38.7 Å². The number of hydrogen-bond acceptors (Lipinski definition) is 4. The van der Waals surface area contributed by atoms with E-state index in [-0.39, 0.29) is 11.3 Å². The highest BCUT2D eigenvalue weighted by Gasteiger charge is 2.53. The molecule has 24 heavy (non-hydrogen) atoms. The van der Waals surface area contributed by atoms with Crippen LogP contribution in [0.15, 0.2) is 23.8 Å². The summed E-state index contributed by atoms with van der Waals surface area (Å²) >= 11 is 1.53. The molecule has 0 aromatic carbocycles. The number of hydrogen-bond donors (Lipinski definition) is 0. The summed E-state index contributed by atoms with van der Waals surface area (Å²) in [7, 11) is 0. The summed E-state index contributed by atoms with van der Waals surface area (Å²) < 4.78 is 2.20. The molecule has 1 unspecified atom stereocenters. The maximum Gasteiger partial charge on any atom is 0.263 e. The highest BCUT2D eigenvalue weighted by atomic mass is 32.1. The van der Waals surface area contributed by atoms with Crippen LogP contribution in [0.3, 0.4) is 0 Å². The van der Waals surface area contributed by atoms with Gasteiger partial charge in [0.2, 0.25) is 0 Å². The zero-order chi connectivity index (χ0) is 16.7. The van der Waals surface area contributed by atoms with Crippen LogP contribution in [0.25, 0.3) is 0 Å². The Balaban J connectivity index is 1.61. The van der Waals surface area contributed by atoms with Gasteiger partial charge in [0.1, 0.15) is 12.2 Å². The Kier molecular flexibility index (Phi) is 3.95. The maximum atomic E-state index is 12.8. The lowest BCUT2D eigenvalue weighted by Gasteiger charge is -2.42.